The maximum atomic E-state index is 6.61. The van der Waals surface area contributed by atoms with Crippen molar-refractivity contribution < 1.29 is 4.42 Å². The van der Waals surface area contributed by atoms with E-state index >= 15 is 0 Å². The molecule has 262 valence electrons. The van der Waals surface area contributed by atoms with Crippen molar-refractivity contribution in [2.75, 3.05) is 4.90 Å². The van der Waals surface area contributed by atoms with Gasteiger partial charge < -0.3 is 9.32 Å². The van der Waals surface area contributed by atoms with Gasteiger partial charge in [-0.3, -0.25) is 0 Å². The lowest BCUT2D eigenvalue weighted by molar-refractivity contribution is 0.670. The molecule has 0 aliphatic heterocycles. The van der Waals surface area contributed by atoms with Crippen molar-refractivity contribution >= 4 is 71.3 Å². The van der Waals surface area contributed by atoms with Crippen LogP contribution in [0.15, 0.2) is 217 Å². The first-order valence-electron chi connectivity index (χ1n) is 19.2. The van der Waals surface area contributed by atoms with E-state index in [4.69, 9.17) is 4.42 Å². The molecule has 0 amide bonds. The van der Waals surface area contributed by atoms with Crippen LogP contribution in [0.5, 0.6) is 0 Å². The van der Waals surface area contributed by atoms with E-state index in [1.165, 1.54) is 43.4 Å². The van der Waals surface area contributed by atoms with Crippen molar-refractivity contribution in [1.82, 2.24) is 0 Å². The first kappa shape index (κ1) is 32.0. The molecular formula is C54H35NO. The molecule has 1 heterocycles. The molecule has 0 aliphatic carbocycles. The monoisotopic (exact) mass is 713 g/mol. The Morgan fingerprint density at radius 3 is 1.73 bits per heavy atom. The summed E-state index contributed by atoms with van der Waals surface area (Å²) in [5.74, 6) is 0. The number of anilines is 3. The van der Waals surface area contributed by atoms with E-state index in [-0.39, 0.29) is 0 Å². The number of furan rings is 1. The predicted octanol–water partition coefficient (Wildman–Crippen LogP) is 15.5. The summed E-state index contributed by atoms with van der Waals surface area (Å²) in [5, 5.41) is 9.64. The molecule has 2 nitrogen and oxygen atoms in total. The van der Waals surface area contributed by atoms with Gasteiger partial charge in [0.1, 0.15) is 11.2 Å². The molecule has 0 atom stereocenters. The number of hydrogen-bond donors (Lipinski definition) is 0. The van der Waals surface area contributed by atoms with Crippen molar-refractivity contribution in [2.24, 2.45) is 0 Å². The Kier molecular flexibility index (Phi) is 7.53. The highest BCUT2D eigenvalue weighted by atomic mass is 16.3. The SMILES string of the molecule is c1ccc(-c2cccc3c(N(c4ccc(-c5ccc(-c6ccccc6)c6oc7ccccc7c56)cc4)c4ccc5c(ccc6ccccc65)c4)cccc23)cc1. The molecule has 0 unspecified atom stereocenters. The Bertz CT molecular complexity index is 3230. The highest BCUT2D eigenvalue weighted by Gasteiger charge is 2.20. The van der Waals surface area contributed by atoms with Gasteiger partial charge in [-0.05, 0) is 97.2 Å². The van der Waals surface area contributed by atoms with Crippen molar-refractivity contribution in [2.45, 2.75) is 0 Å². The fourth-order valence-corrected chi connectivity index (χ4v) is 8.63. The standard InChI is InChI=1S/C54H35NO/c1-3-13-36(14-4-1)44-20-11-22-49-48(44)21-12-23-51(49)55(42-31-32-45-40(35-42)26-25-38-17-7-8-18-43(38)45)41-29-27-39(28-30-41)46-33-34-47(37-15-5-2-6-16-37)54-53(46)50-19-9-10-24-52(50)56-54/h1-35H. The van der Waals surface area contributed by atoms with Crippen LogP contribution in [0.3, 0.4) is 0 Å². The summed E-state index contributed by atoms with van der Waals surface area (Å²) in [6, 6.07) is 76.4. The molecule has 11 aromatic rings. The van der Waals surface area contributed by atoms with Gasteiger partial charge in [0, 0.05) is 33.1 Å². The highest BCUT2D eigenvalue weighted by molar-refractivity contribution is 6.16. The number of fused-ring (bicyclic) bond motifs is 7. The summed E-state index contributed by atoms with van der Waals surface area (Å²) in [4.78, 5) is 2.41. The summed E-state index contributed by atoms with van der Waals surface area (Å²) < 4.78 is 6.61. The predicted molar refractivity (Wildman–Crippen MR) is 237 cm³/mol. The van der Waals surface area contributed by atoms with E-state index in [0.717, 1.165) is 61.3 Å². The van der Waals surface area contributed by atoms with Gasteiger partial charge in [-0.2, -0.15) is 0 Å². The highest BCUT2D eigenvalue weighted by Crippen LogP contribution is 2.45. The number of benzene rings is 10. The van der Waals surface area contributed by atoms with E-state index < -0.39 is 0 Å². The summed E-state index contributed by atoms with van der Waals surface area (Å²) >= 11 is 0. The number of nitrogens with zero attached hydrogens (tertiary/aromatic N) is 1. The van der Waals surface area contributed by atoms with E-state index in [2.05, 4.69) is 211 Å². The molecule has 1 aromatic heterocycles. The van der Waals surface area contributed by atoms with Crippen LogP contribution in [0.4, 0.5) is 17.1 Å². The smallest absolute Gasteiger partial charge is 0.143 e. The topological polar surface area (TPSA) is 16.4 Å². The van der Waals surface area contributed by atoms with Crippen LogP contribution in [0.1, 0.15) is 0 Å². The normalized spacial score (nSPS) is 11.6. The van der Waals surface area contributed by atoms with Crippen LogP contribution >= 0.6 is 0 Å². The van der Waals surface area contributed by atoms with Gasteiger partial charge in [-0.25, -0.2) is 0 Å². The van der Waals surface area contributed by atoms with Crippen LogP contribution in [0.25, 0.3) is 87.6 Å². The summed E-state index contributed by atoms with van der Waals surface area (Å²) in [5.41, 5.74) is 12.1. The third kappa shape index (κ3) is 5.26. The minimum atomic E-state index is 0.893. The molecule has 0 saturated carbocycles. The van der Waals surface area contributed by atoms with Gasteiger partial charge in [-0.15, -0.1) is 0 Å². The van der Waals surface area contributed by atoms with E-state index in [9.17, 15) is 0 Å². The second-order valence-electron chi connectivity index (χ2n) is 14.4. The summed E-state index contributed by atoms with van der Waals surface area (Å²) in [6.45, 7) is 0. The lowest BCUT2D eigenvalue weighted by Gasteiger charge is -2.28. The van der Waals surface area contributed by atoms with Crippen molar-refractivity contribution in [1.29, 1.82) is 0 Å². The number of hydrogen-bond acceptors (Lipinski definition) is 2. The van der Waals surface area contributed by atoms with Gasteiger partial charge in [0.2, 0.25) is 0 Å². The minimum Gasteiger partial charge on any atom is -0.455 e. The van der Waals surface area contributed by atoms with Crippen molar-refractivity contribution in [3.8, 4) is 33.4 Å². The number of rotatable bonds is 6. The zero-order valence-electron chi connectivity index (χ0n) is 30.6. The Balaban J connectivity index is 1.10. The first-order chi connectivity index (χ1) is 27.8. The van der Waals surface area contributed by atoms with Gasteiger partial charge in [0.25, 0.3) is 0 Å². The summed E-state index contributed by atoms with van der Waals surface area (Å²) in [7, 11) is 0. The van der Waals surface area contributed by atoms with Crippen molar-refractivity contribution in [3.63, 3.8) is 0 Å². The Labute approximate surface area is 325 Å². The lowest BCUT2D eigenvalue weighted by atomic mass is 9.94. The van der Waals surface area contributed by atoms with Gasteiger partial charge in [-0.1, -0.05) is 170 Å². The van der Waals surface area contributed by atoms with Gasteiger partial charge >= 0.3 is 0 Å². The minimum absolute atomic E-state index is 0.893. The van der Waals surface area contributed by atoms with Crippen LogP contribution in [-0.2, 0) is 0 Å². The van der Waals surface area contributed by atoms with Crippen LogP contribution in [0, 0.1) is 0 Å². The second kappa shape index (κ2) is 13.2. The third-order valence-electron chi connectivity index (χ3n) is 11.3. The van der Waals surface area contributed by atoms with E-state index in [1.807, 2.05) is 6.07 Å². The molecule has 2 heteroatoms. The van der Waals surface area contributed by atoms with Gasteiger partial charge in [0.15, 0.2) is 0 Å². The molecule has 0 radical (unpaired) electrons. The quantitative estimate of drug-likeness (QED) is 0.160. The molecule has 11 rings (SSSR count). The maximum Gasteiger partial charge on any atom is 0.143 e. The third-order valence-corrected chi connectivity index (χ3v) is 11.3. The first-order valence-corrected chi connectivity index (χ1v) is 19.2. The molecule has 0 spiro atoms. The Hall–Kier alpha value is -7.42. The molecular weight excluding hydrogens is 679 g/mol. The average Bonchev–Trinajstić information content (AvgIpc) is 3.67. The Morgan fingerprint density at radius 1 is 0.321 bits per heavy atom. The van der Waals surface area contributed by atoms with Crippen LogP contribution in [-0.4, -0.2) is 0 Å². The maximum absolute atomic E-state index is 6.61. The zero-order chi connectivity index (χ0) is 37.0. The second-order valence-corrected chi connectivity index (χ2v) is 14.4. The molecule has 0 aliphatic rings. The average molecular weight is 714 g/mol. The molecule has 56 heavy (non-hydrogen) atoms. The molecule has 10 aromatic carbocycles. The molecule has 0 N–H and O–H groups in total. The molecule has 0 fully saturated rings. The fourth-order valence-electron chi connectivity index (χ4n) is 8.63. The lowest BCUT2D eigenvalue weighted by Crippen LogP contribution is -2.10. The van der Waals surface area contributed by atoms with Crippen LogP contribution < -0.4 is 4.90 Å². The van der Waals surface area contributed by atoms with Crippen LogP contribution in [0.2, 0.25) is 0 Å². The zero-order valence-corrected chi connectivity index (χ0v) is 30.6. The fraction of sp³-hybridized carbons (Fsp3) is 0. The van der Waals surface area contributed by atoms with Crippen molar-refractivity contribution in [3.05, 3.63) is 212 Å². The summed E-state index contributed by atoms with van der Waals surface area (Å²) in [6.07, 6.45) is 0. The van der Waals surface area contributed by atoms with E-state index in [0.29, 0.717) is 0 Å². The van der Waals surface area contributed by atoms with E-state index in [1.54, 1.807) is 0 Å². The Morgan fingerprint density at radius 2 is 0.911 bits per heavy atom. The van der Waals surface area contributed by atoms with Gasteiger partial charge in [0.05, 0.1) is 5.69 Å². The molecule has 0 saturated heterocycles. The largest absolute Gasteiger partial charge is 0.455 e. The number of para-hydroxylation sites is 1. The molecule has 0 bridgehead atoms.